The van der Waals surface area contributed by atoms with E-state index < -0.39 is 0 Å². The van der Waals surface area contributed by atoms with Gasteiger partial charge in [0, 0.05) is 16.6 Å². The molecule has 0 spiro atoms. The Balaban J connectivity index is 1.84. The van der Waals surface area contributed by atoms with Gasteiger partial charge in [-0.25, -0.2) is 4.79 Å². The maximum absolute atomic E-state index is 12.6. The van der Waals surface area contributed by atoms with Crippen molar-refractivity contribution >= 4 is 28.7 Å². The van der Waals surface area contributed by atoms with Gasteiger partial charge in [-0.15, -0.1) is 0 Å². The second kappa shape index (κ2) is 6.54. The lowest BCUT2D eigenvalue weighted by Gasteiger charge is -1.99. The zero-order valence-corrected chi connectivity index (χ0v) is 13.5. The van der Waals surface area contributed by atoms with Crippen LogP contribution in [0.1, 0.15) is 32.0 Å². The molecule has 0 atom stereocenters. The number of esters is 1. The van der Waals surface area contributed by atoms with Crippen LogP contribution in [0, 0.1) is 6.92 Å². The fourth-order valence-corrected chi connectivity index (χ4v) is 2.70. The second-order valence-corrected chi connectivity index (χ2v) is 5.48. The number of hydrogen-bond acceptors (Lipinski definition) is 3. The zero-order valence-electron chi connectivity index (χ0n) is 13.5. The third-order valence-electron chi connectivity index (χ3n) is 3.90. The number of H-pyrrole nitrogens is 1. The molecule has 0 aliphatic heterocycles. The molecule has 0 unspecified atom stereocenters. The number of carbonyl (C=O) groups excluding carboxylic acids is 2. The van der Waals surface area contributed by atoms with Crippen LogP contribution in [0.2, 0.25) is 0 Å². The maximum atomic E-state index is 12.6. The standard InChI is InChI=1S/C20H17NO3/c1-13-19(16-5-3-4-6-17(16)21-13)18(22)12-9-14-7-10-15(11-8-14)20(23)24-2/h3-12,21H,1-2H3/b12-9+. The zero-order chi connectivity index (χ0) is 17.1. The van der Waals surface area contributed by atoms with Crippen LogP contribution in [-0.4, -0.2) is 23.8 Å². The van der Waals surface area contributed by atoms with E-state index in [0.29, 0.717) is 11.1 Å². The Morgan fingerprint density at radius 2 is 1.75 bits per heavy atom. The minimum absolute atomic E-state index is 0.0537. The van der Waals surface area contributed by atoms with E-state index in [2.05, 4.69) is 9.72 Å². The SMILES string of the molecule is COC(=O)c1ccc(/C=C/C(=O)c2c(C)[nH]c3ccccc23)cc1. The third-order valence-corrected chi connectivity index (χ3v) is 3.90. The van der Waals surface area contributed by atoms with Crippen molar-refractivity contribution in [2.45, 2.75) is 6.92 Å². The quantitative estimate of drug-likeness (QED) is 0.446. The number of ether oxygens (including phenoxy) is 1. The molecule has 0 amide bonds. The first-order valence-corrected chi connectivity index (χ1v) is 7.58. The number of aryl methyl sites for hydroxylation is 1. The number of allylic oxidation sites excluding steroid dienone is 1. The Kier molecular flexibility index (Phi) is 4.29. The normalized spacial score (nSPS) is 11.1. The van der Waals surface area contributed by atoms with Gasteiger partial charge in [-0.05, 0) is 36.8 Å². The number of methoxy groups -OCH3 is 1. The third kappa shape index (κ3) is 2.99. The molecule has 0 bridgehead atoms. The van der Waals surface area contributed by atoms with E-state index >= 15 is 0 Å². The van der Waals surface area contributed by atoms with Crippen LogP contribution in [0.4, 0.5) is 0 Å². The summed E-state index contributed by atoms with van der Waals surface area (Å²) in [6, 6.07) is 14.6. The van der Waals surface area contributed by atoms with Gasteiger partial charge in [-0.1, -0.05) is 36.4 Å². The van der Waals surface area contributed by atoms with E-state index in [4.69, 9.17) is 0 Å². The molecule has 1 N–H and O–H groups in total. The van der Waals surface area contributed by atoms with Crippen LogP contribution in [0.15, 0.2) is 54.6 Å². The topological polar surface area (TPSA) is 59.2 Å². The lowest BCUT2D eigenvalue weighted by molar-refractivity contribution is 0.0600. The molecule has 0 aliphatic carbocycles. The molecular weight excluding hydrogens is 302 g/mol. The Bertz CT molecular complexity index is 933. The van der Waals surface area contributed by atoms with Crippen molar-refractivity contribution in [1.82, 2.24) is 4.98 Å². The largest absolute Gasteiger partial charge is 0.465 e. The van der Waals surface area contributed by atoms with Gasteiger partial charge in [0.25, 0.3) is 0 Å². The predicted octanol–water partition coefficient (Wildman–Crippen LogP) is 4.16. The summed E-state index contributed by atoms with van der Waals surface area (Å²) in [5.74, 6) is -0.432. The number of rotatable bonds is 4. The molecule has 0 radical (unpaired) electrons. The van der Waals surface area contributed by atoms with Crippen LogP contribution in [-0.2, 0) is 4.74 Å². The summed E-state index contributed by atoms with van der Waals surface area (Å²) < 4.78 is 4.66. The van der Waals surface area contributed by atoms with Crippen LogP contribution >= 0.6 is 0 Å². The lowest BCUT2D eigenvalue weighted by atomic mass is 10.0. The van der Waals surface area contributed by atoms with Crippen molar-refractivity contribution in [3.05, 3.63) is 77.0 Å². The Hall–Kier alpha value is -3.14. The molecule has 24 heavy (non-hydrogen) atoms. The van der Waals surface area contributed by atoms with Crippen LogP contribution in [0.5, 0.6) is 0 Å². The average molecular weight is 319 g/mol. The molecule has 0 fully saturated rings. The number of fused-ring (bicyclic) bond motifs is 1. The van der Waals surface area contributed by atoms with E-state index in [1.54, 1.807) is 36.4 Å². The summed E-state index contributed by atoms with van der Waals surface area (Å²) >= 11 is 0. The van der Waals surface area contributed by atoms with Gasteiger partial charge in [0.2, 0.25) is 0 Å². The number of aromatic amines is 1. The molecule has 0 aliphatic rings. The summed E-state index contributed by atoms with van der Waals surface area (Å²) in [4.78, 5) is 27.2. The first-order valence-electron chi connectivity index (χ1n) is 7.58. The van der Waals surface area contributed by atoms with E-state index in [-0.39, 0.29) is 11.8 Å². The first kappa shape index (κ1) is 15.7. The van der Waals surface area contributed by atoms with Crippen molar-refractivity contribution in [2.24, 2.45) is 0 Å². The molecule has 3 aromatic rings. The summed E-state index contributed by atoms with van der Waals surface area (Å²) in [5.41, 5.74) is 3.82. The molecule has 3 rings (SSSR count). The van der Waals surface area contributed by atoms with Gasteiger partial charge in [-0.2, -0.15) is 0 Å². The molecule has 0 saturated carbocycles. The molecule has 1 heterocycles. The summed E-state index contributed by atoms with van der Waals surface area (Å²) in [7, 11) is 1.35. The highest BCUT2D eigenvalue weighted by atomic mass is 16.5. The Morgan fingerprint density at radius 1 is 1.04 bits per heavy atom. The highest BCUT2D eigenvalue weighted by Gasteiger charge is 2.13. The number of para-hydroxylation sites is 1. The molecule has 2 aromatic carbocycles. The van der Waals surface area contributed by atoms with Gasteiger partial charge in [0.15, 0.2) is 5.78 Å². The van der Waals surface area contributed by atoms with Crippen LogP contribution in [0.3, 0.4) is 0 Å². The van der Waals surface area contributed by atoms with E-state index in [9.17, 15) is 9.59 Å². The minimum atomic E-state index is -0.379. The minimum Gasteiger partial charge on any atom is -0.465 e. The number of hydrogen-bond donors (Lipinski definition) is 1. The van der Waals surface area contributed by atoms with Gasteiger partial charge in [-0.3, -0.25) is 4.79 Å². The van der Waals surface area contributed by atoms with Crippen molar-refractivity contribution in [2.75, 3.05) is 7.11 Å². The van der Waals surface area contributed by atoms with Crippen molar-refractivity contribution in [3.8, 4) is 0 Å². The van der Waals surface area contributed by atoms with Gasteiger partial charge in [0.05, 0.1) is 18.2 Å². The summed E-state index contributed by atoms with van der Waals surface area (Å²) in [6.45, 7) is 1.90. The van der Waals surface area contributed by atoms with Crippen LogP contribution < -0.4 is 0 Å². The maximum Gasteiger partial charge on any atom is 0.337 e. The predicted molar refractivity (Wildman–Crippen MR) is 94.2 cm³/mol. The van der Waals surface area contributed by atoms with E-state index in [1.165, 1.54) is 7.11 Å². The van der Waals surface area contributed by atoms with E-state index in [0.717, 1.165) is 22.2 Å². The number of ketones is 1. The molecular formula is C20H17NO3. The number of benzene rings is 2. The molecule has 120 valence electrons. The van der Waals surface area contributed by atoms with Gasteiger partial charge >= 0.3 is 5.97 Å². The van der Waals surface area contributed by atoms with E-state index in [1.807, 2.05) is 31.2 Å². The first-order chi connectivity index (χ1) is 11.6. The average Bonchev–Trinajstić information content (AvgIpc) is 2.95. The number of nitrogens with one attached hydrogen (secondary N) is 1. The number of carbonyl (C=O) groups is 2. The fraction of sp³-hybridized carbons (Fsp3) is 0.100. The summed E-state index contributed by atoms with van der Waals surface area (Å²) in [6.07, 6.45) is 3.29. The second-order valence-electron chi connectivity index (χ2n) is 5.48. The monoisotopic (exact) mass is 319 g/mol. The highest BCUT2D eigenvalue weighted by molar-refractivity contribution is 6.15. The smallest absolute Gasteiger partial charge is 0.337 e. The van der Waals surface area contributed by atoms with Crippen molar-refractivity contribution in [1.29, 1.82) is 0 Å². The Morgan fingerprint density at radius 3 is 2.46 bits per heavy atom. The molecule has 4 nitrogen and oxygen atoms in total. The fourth-order valence-electron chi connectivity index (χ4n) is 2.70. The number of aromatic nitrogens is 1. The van der Waals surface area contributed by atoms with Crippen molar-refractivity contribution < 1.29 is 14.3 Å². The Labute approximate surface area is 139 Å². The van der Waals surface area contributed by atoms with Gasteiger partial charge in [0.1, 0.15) is 0 Å². The molecule has 4 heteroatoms. The molecule has 0 saturated heterocycles. The van der Waals surface area contributed by atoms with Gasteiger partial charge < -0.3 is 9.72 Å². The molecule has 1 aromatic heterocycles. The van der Waals surface area contributed by atoms with Crippen LogP contribution in [0.25, 0.3) is 17.0 Å². The van der Waals surface area contributed by atoms with Crippen molar-refractivity contribution in [3.63, 3.8) is 0 Å². The lowest BCUT2D eigenvalue weighted by Crippen LogP contribution is -2.00. The summed E-state index contributed by atoms with van der Waals surface area (Å²) in [5, 5.41) is 0.922. The highest BCUT2D eigenvalue weighted by Crippen LogP contribution is 2.22.